The molecule has 5 nitrogen and oxygen atoms in total. The first-order chi connectivity index (χ1) is 6.61. The highest BCUT2D eigenvalue weighted by Crippen LogP contribution is 2.39. The lowest BCUT2D eigenvalue weighted by Crippen LogP contribution is -2.26. The average molecular weight is 195 g/mol. The predicted molar refractivity (Wildman–Crippen MR) is 48.8 cm³/mol. The lowest BCUT2D eigenvalue weighted by molar-refractivity contribution is 0.202. The summed E-state index contributed by atoms with van der Waals surface area (Å²) in [5, 5.41) is 27.4. The van der Waals surface area contributed by atoms with Gasteiger partial charge in [-0.1, -0.05) is 0 Å². The molecule has 0 saturated heterocycles. The topological polar surface area (TPSA) is 81.0 Å². The van der Waals surface area contributed by atoms with Gasteiger partial charge in [-0.15, -0.1) is 0 Å². The van der Waals surface area contributed by atoms with Crippen LogP contribution in [0.5, 0.6) is 11.5 Å². The lowest BCUT2D eigenvalue weighted by Gasteiger charge is -2.12. The molecule has 0 aliphatic carbocycles. The fraction of sp³-hybridized carbons (Fsp3) is 0.222. The van der Waals surface area contributed by atoms with Crippen molar-refractivity contribution in [3.05, 3.63) is 17.7 Å². The van der Waals surface area contributed by atoms with Crippen molar-refractivity contribution >= 4 is 11.8 Å². The first kappa shape index (κ1) is 8.68. The molecule has 0 saturated carbocycles. The van der Waals surface area contributed by atoms with Crippen molar-refractivity contribution in [2.45, 2.75) is 6.42 Å². The minimum absolute atomic E-state index is 0.212. The van der Waals surface area contributed by atoms with Crippen molar-refractivity contribution in [1.29, 1.82) is 0 Å². The molecule has 0 fully saturated rings. The van der Waals surface area contributed by atoms with E-state index >= 15 is 0 Å². The van der Waals surface area contributed by atoms with E-state index in [-0.39, 0.29) is 11.5 Å². The van der Waals surface area contributed by atoms with Gasteiger partial charge in [-0.3, -0.25) is 4.90 Å². The third-order valence-corrected chi connectivity index (χ3v) is 2.34. The van der Waals surface area contributed by atoms with Crippen LogP contribution in [-0.2, 0) is 6.42 Å². The Labute approximate surface area is 79.8 Å². The monoisotopic (exact) mass is 195 g/mol. The Morgan fingerprint density at radius 1 is 1.36 bits per heavy atom. The van der Waals surface area contributed by atoms with Crippen LogP contribution in [0.25, 0.3) is 0 Å². The Kier molecular flexibility index (Phi) is 1.73. The molecule has 0 unspecified atom stereocenters. The minimum Gasteiger partial charge on any atom is -0.504 e. The quantitative estimate of drug-likeness (QED) is 0.542. The summed E-state index contributed by atoms with van der Waals surface area (Å²) in [4.78, 5) is 11.9. The number of nitrogens with zero attached hydrogens (tertiary/aromatic N) is 1. The summed E-state index contributed by atoms with van der Waals surface area (Å²) in [6.07, 6.45) is -0.615. The van der Waals surface area contributed by atoms with Gasteiger partial charge in [0.2, 0.25) is 0 Å². The van der Waals surface area contributed by atoms with E-state index in [0.29, 0.717) is 24.2 Å². The molecule has 2 rings (SSSR count). The van der Waals surface area contributed by atoms with Crippen LogP contribution in [0, 0.1) is 0 Å². The molecule has 3 N–H and O–H groups in total. The highest BCUT2D eigenvalue weighted by atomic mass is 16.4. The first-order valence-electron chi connectivity index (χ1n) is 4.15. The molecule has 1 aliphatic rings. The number of anilines is 1. The zero-order valence-electron chi connectivity index (χ0n) is 7.27. The summed E-state index contributed by atoms with van der Waals surface area (Å²) in [6.45, 7) is 0.321. The molecule has 74 valence electrons. The molecule has 1 aromatic rings. The maximum absolute atomic E-state index is 10.7. The van der Waals surface area contributed by atoms with Gasteiger partial charge in [0, 0.05) is 12.1 Å². The molecule has 1 heterocycles. The van der Waals surface area contributed by atoms with Crippen molar-refractivity contribution in [3.63, 3.8) is 0 Å². The Hall–Kier alpha value is -1.91. The van der Waals surface area contributed by atoms with Gasteiger partial charge in [-0.2, -0.15) is 0 Å². The molecule has 0 bridgehead atoms. The van der Waals surface area contributed by atoms with E-state index in [1.165, 1.54) is 12.1 Å². The third-order valence-electron chi connectivity index (χ3n) is 2.34. The van der Waals surface area contributed by atoms with E-state index in [9.17, 15) is 15.0 Å². The van der Waals surface area contributed by atoms with E-state index in [1.54, 1.807) is 0 Å². The standard InChI is InChI=1S/C9H9NO4/c11-7-2-1-6-5(8(7)12)3-4-10(6)9(13)14/h1-2,11-12H,3-4H2,(H,13,14). The van der Waals surface area contributed by atoms with Crippen LogP contribution in [-0.4, -0.2) is 28.0 Å². The maximum Gasteiger partial charge on any atom is 0.411 e. The molecule has 0 radical (unpaired) electrons. The van der Waals surface area contributed by atoms with Crippen LogP contribution in [0.4, 0.5) is 10.5 Å². The molecule has 1 aliphatic heterocycles. The van der Waals surface area contributed by atoms with E-state index < -0.39 is 6.09 Å². The van der Waals surface area contributed by atoms with Gasteiger partial charge in [-0.25, -0.2) is 4.79 Å². The van der Waals surface area contributed by atoms with Gasteiger partial charge < -0.3 is 15.3 Å². The van der Waals surface area contributed by atoms with E-state index in [0.717, 1.165) is 4.90 Å². The SMILES string of the molecule is O=C(O)N1CCc2c1ccc(O)c2O. The van der Waals surface area contributed by atoms with Crippen LogP contribution in [0.2, 0.25) is 0 Å². The maximum atomic E-state index is 10.7. The molecule has 1 aromatic carbocycles. The van der Waals surface area contributed by atoms with Crippen molar-refractivity contribution in [1.82, 2.24) is 0 Å². The van der Waals surface area contributed by atoms with Crippen LogP contribution in [0.1, 0.15) is 5.56 Å². The number of benzene rings is 1. The number of phenolic OH excluding ortho intramolecular Hbond substituents is 2. The second kappa shape index (κ2) is 2.80. The molecule has 0 aromatic heterocycles. The number of carbonyl (C=O) groups is 1. The minimum atomic E-state index is -1.05. The number of aromatic hydroxyl groups is 2. The molecular weight excluding hydrogens is 186 g/mol. The summed E-state index contributed by atoms with van der Waals surface area (Å²) in [7, 11) is 0. The normalized spacial score (nSPS) is 14.1. The molecule has 0 spiro atoms. The zero-order chi connectivity index (χ0) is 10.3. The summed E-state index contributed by atoms with van der Waals surface area (Å²) in [6, 6.07) is 2.78. The van der Waals surface area contributed by atoms with Crippen molar-refractivity contribution in [3.8, 4) is 11.5 Å². The number of hydrogen-bond donors (Lipinski definition) is 3. The molecule has 14 heavy (non-hydrogen) atoms. The fourth-order valence-electron chi connectivity index (χ4n) is 1.66. The fourth-order valence-corrected chi connectivity index (χ4v) is 1.66. The van der Waals surface area contributed by atoms with Gasteiger partial charge in [0.15, 0.2) is 11.5 Å². The average Bonchev–Trinajstić information content (AvgIpc) is 2.55. The van der Waals surface area contributed by atoms with E-state index in [1.807, 2.05) is 0 Å². The summed E-state index contributed by atoms with van der Waals surface area (Å²) >= 11 is 0. The second-order valence-corrected chi connectivity index (χ2v) is 3.12. The lowest BCUT2D eigenvalue weighted by atomic mass is 10.1. The Morgan fingerprint density at radius 3 is 2.71 bits per heavy atom. The summed E-state index contributed by atoms with van der Waals surface area (Å²) in [5.74, 6) is -0.428. The number of amides is 1. The van der Waals surface area contributed by atoms with Crippen molar-refractivity contribution in [2.24, 2.45) is 0 Å². The largest absolute Gasteiger partial charge is 0.504 e. The van der Waals surface area contributed by atoms with Gasteiger partial charge >= 0.3 is 6.09 Å². The van der Waals surface area contributed by atoms with E-state index in [4.69, 9.17) is 5.11 Å². The smallest absolute Gasteiger partial charge is 0.411 e. The predicted octanol–water partition coefficient (Wildman–Crippen LogP) is 1.14. The molecule has 5 heteroatoms. The van der Waals surface area contributed by atoms with Crippen molar-refractivity contribution in [2.75, 3.05) is 11.4 Å². The number of fused-ring (bicyclic) bond motifs is 1. The molecular formula is C9H9NO4. The van der Waals surface area contributed by atoms with Crippen molar-refractivity contribution < 1.29 is 20.1 Å². The van der Waals surface area contributed by atoms with Gasteiger partial charge in [-0.05, 0) is 18.6 Å². The van der Waals surface area contributed by atoms with Crippen LogP contribution >= 0.6 is 0 Å². The highest BCUT2D eigenvalue weighted by Gasteiger charge is 2.27. The van der Waals surface area contributed by atoms with Crippen LogP contribution in [0.15, 0.2) is 12.1 Å². The summed E-state index contributed by atoms with van der Waals surface area (Å²) < 4.78 is 0. The Bertz CT molecular complexity index is 402. The number of phenols is 2. The third kappa shape index (κ3) is 1.06. The second-order valence-electron chi connectivity index (χ2n) is 3.12. The number of carboxylic acid groups (broad SMARTS) is 1. The van der Waals surface area contributed by atoms with E-state index in [2.05, 4.69) is 0 Å². The Morgan fingerprint density at radius 2 is 2.07 bits per heavy atom. The van der Waals surface area contributed by atoms with Gasteiger partial charge in [0.1, 0.15) is 0 Å². The van der Waals surface area contributed by atoms with Gasteiger partial charge in [0.05, 0.1) is 5.69 Å². The molecule has 0 atom stereocenters. The Balaban J connectivity index is 2.53. The number of rotatable bonds is 0. The van der Waals surface area contributed by atoms with Crippen LogP contribution < -0.4 is 4.90 Å². The first-order valence-corrected chi connectivity index (χ1v) is 4.15. The summed E-state index contributed by atoms with van der Waals surface area (Å²) in [5.41, 5.74) is 0.945. The zero-order valence-corrected chi connectivity index (χ0v) is 7.27. The number of hydrogen-bond acceptors (Lipinski definition) is 3. The molecule has 1 amide bonds. The highest BCUT2D eigenvalue weighted by molar-refractivity contribution is 5.90. The van der Waals surface area contributed by atoms with Crippen LogP contribution in [0.3, 0.4) is 0 Å². The van der Waals surface area contributed by atoms with Gasteiger partial charge in [0.25, 0.3) is 0 Å².